The summed E-state index contributed by atoms with van der Waals surface area (Å²) < 4.78 is 65.1. The normalized spacial score (nSPS) is 13.8. The summed E-state index contributed by atoms with van der Waals surface area (Å²) in [6.45, 7) is 0.349. The van der Waals surface area contributed by atoms with Crippen LogP contribution in [0.15, 0.2) is 59.1 Å². The molecule has 0 radical (unpaired) electrons. The fraction of sp³-hybridized carbons (Fsp3) is 0.185. The van der Waals surface area contributed by atoms with Crippen molar-refractivity contribution in [2.24, 2.45) is 0 Å². The van der Waals surface area contributed by atoms with E-state index in [1.165, 1.54) is 30.3 Å². The van der Waals surface area contributed by atoms with Crippen LogP contribution in [0.5, 0.6) is 5.75 Å². The second-order valence-electron chi connectivity index (χ2n) is 9.02. The van der Waals surface area contributed by atoms with Crippen molar-refractivity contribution in [3.63, 3.8) is 0 Å². The molecule has 0 atom stereocenters. The summed E-state index contributed by atoms with van der Waals surface area (Å²) in [4.78, 5) is 13.1. The zero-order valence-corrected chi connectivity index (χ0v) is 22.4. The predicted molar refractivity (Wildman–Crippen MR) is 141 cm³/mol. The van der Waals surface area contributed by atoms with Crippen molar-refractivity contribution in [2.75, 3.05) is 18.0 Å². The molecular weight excluding hydrogens is 599 g/mol. The van der Waals surface area contributed by atoms with Crippen molar-refractivity contribution in [3.8, 4) is 17.0 Å². The minimum absolute atomic E-state index is 0.0816. The second kappa shape index (κ2) is 10.8. The number of anilines is 1. The van der Waals surface area contributed by atoms with Gasteiger partial charge in [0.2, 0.25) is 5.76 Å². The SMILES string of the molecule is O=C(O)c1cc(F)cc(C2CN(c3ccc(OCc4c(-c5c(Cl)cccc5Cl)noc4C(F)(F)F)cc3Cl)C2)c1. The van der Waals surface area contributed by atoms with E-state index in [2.05, 4.69) is 9.68 Å². The second-order valence-corrected chi connectivity index (χ2v) is 10.2. The van der Waals surface area contributed by atoms with Gasteiger partial charge in [-0.25, -0.2) is 9.18 Å². The van der Waals surface area contributed by atoms with Crippen LogP contribution in [-0.4, -0.2) is 29.3 Å². The van der Waals surface area contributed by atoms with Crippen LogP contribution in [0.1, 0.15) is 33.2 Å². The lowest BCUT2D eigenvalue weighted by molar-refractivity contribution is -0.156. The van der Waals surface area contributed by atoms with Gasteiger partial charge in [0, 0.05) is 30.6 Å². The molecule has 0 spiro atoms. The van der Waals surface area contributed by atoms with Gasteiger partial charge in [0.1, 0.15) is 23.9 Å². The summed E-state index contributed by atoms with van der Waals surface area (Å²) in [5.41, 5.74) is 0.565. The monoisotopic (exact) mass is 614 g/mol. The van der Waals surface area contributed by atoms with Crippen LogP contribution < -0.4 is 9.64 Å². The van der Waals surface area contributed by atoms with E-state index in [1.807, 2.05) is 4.90 Å². The number of nitrogens with zero attached hydrogens (tertiary/aromatic N) is 2. The highest BCUT2D eigenvalue weighted by Crippen LogP contribution is 2.42. The zero-order chi connectivity index (χ0) is 28.8. The summed E-state index contributed by atoms with van der Waals surface area (Å²) in [7, 11) is 0. The highest BCUT2D eigenvalue weighted by molar-refractivity contribution is 6.39. The van der Waals surface area contributed by atoms with E-state index in [-0.39, 0.29) is 49.1 Å². The van der Waals surface area contributed by atoms with Crippen molar-refractivity contribution < 1.29 is 36.7 Å². The number of carboxylic acid groups (broad SMARTS) is 1. The van der Waals surface area contributed by atoms with Gasteiger partial charge in [-0.15, -0.1) is 0 Å². The summed E-state index contributed by atoms with van der Waals surface area (Å²) in [6.07, 6.45) is -4.85. The minimum atomic E-state index is -4.85. The highest BCUT2D eigenvalue weighted by Gasteiger charge is 2.41. The molecule has 0 saturated carbocycles. The number of carboxylic acids is 1. The van der Waals surface area contributed by atoms with Gasteiger partial charge in [-0.1, -0.05) is 46.0 Å². The van der Waals surface area contributed by atoms with E-state index in [1.54, 1.807) is 18.2 Å². The average Bonchev–Trinajstić information content (AvgIpc) is 3.26. The van der Waals surface area contributed by atoms with Crippen LogP contribution in [-0.2, 0) is 12.8 Å². The van der Waals surface area contributed by atoms with Crippen molar-refractivity contribution >= 4 is 46.5 Å². The smallest absolute Gasteiger partial charge is 0.452 e. The fourth-order valence-corrected chi connectivity index (χ4v) is 5.30. The first-order valence-electron chi connectivity index (χ1n) is 11.6. The summed E-state index contributed by atoms with van der Waals surface area (Å²) >= 11 is 18.8. The summed E-state index contributed by atoms with van der Waals surface area (Å²) in [5.74, 6) is -3.10. The number of halogens is 7. The molecule has 1 N–H and O–H groups in total. The number of aromatic carboxylic acids is 1. The number of alkyl halides is 3. The quantitative estimate of drug-likeness (QED) is 0.211. The Labute approximate surface area is 239 Å². The van der Waals surface area contributed by atoms with E-state index in [0.717, 1.165) is 6.07 Å². The first kappa shape index (κ1) is 28.1. The molecule has 1 aliphatic heterocycles. The van der Waals surface area contributed by atoms with Crippen LogP contribution in [0.4, 0.5) is 23.2 Å². The standard InChI is InChI=1S/C27H17Cl3F4N2O4/c28-19-2-1-3-20(29)23(19)24-18(25(40-35-24)27(32,33)34)12-39-17-4-5-22(21(30)9-17)36-10-15(11-36)13-6-14(26(37)38)8-16(31)7-13/h1-9,15H,10-12H2,(H,37,38). The Bertz CT molecular complexity index is 1580. The lowest BCUT2D eigenvalue weighted by Crippen LogP contribution is -2.45. The molecule has 4 aromatic rings. The maximum absolute atomic E-state index is 13.9. The van der Waals surface area contributed by atoms with E-state index in [9.17, 15) is 27.5 Å². The van der Waals surface area contributed by atoms with Crippen molar-refractivity contribution in [3.05, 3.63) is 97.9 Å². The van der Waals surface area contributed by atoms with Crippen LogP contribution in [0.3, 0.4) is 0 Å². The molecule has 208 valence electrons. The molecule has 6 nitrogen and oxygen atoms in total. The van der Waals surface area contributed by atoms with Crippen LogP contribution in [0, 0.1) is 5.82 Å². The van der Waals surface area contributed by atoms with Crippen molar-refractivity contribution in [1.82, 2.24) is 5.16 Å². The number of benzene rings is 3. The lowest BCUT2D eigenvalue weighted by Gasteiger charge is -2.42. The Kier molecular flexibility index (Phi) is 7.60. The van der Waals surface area contributed by atoms with Gasteiger partial charge in [0.15, 0.2) is 0 Å². The number of rotatable bonds is 7. The Morgan fingerprint density at radius 1 is 1.05 bits per heavy atom. The maximum Gasteiger partial charge on any atom is 0.452 e. The first-order valence-corrected chi connectivity index (χ1v) is 12.8. The molecular formula is C27H17Cl3F4N2O4. The van der Waals surface area contributed by atoms with E-state index >= 15 is 0 Å². The number of carbonyl (C=O) groups is 1. The Balaban J connectivity index is 1.32. The van der Waals surface area contributed by atoms with E-state index in [4.69, 9.17) is 39.5 Å². The van der Waals surface area contributed by atoms with Crippen LogP contribution in [0.2, 0.25) is 15.1 Å². The van der Waals surface area contributed by atoms with Gasteiger partial charge >= 0.3 is 12.1 Å². The Morgan fingerprint density at radius 3 is 2.38 bits per heavy atom. The van der Waals surface area contributed by atoms with E-state index in [0.29, 0.717) is 24.3 Å². The van der Waals surface area contributed by atoms with Gasteiger partial charge < -0.3 is 19.3 Å². The van der Waals surface area contributed by atoms with Crippen LogP contribution in [0.25, 0.3) is 11.3 Å². The minimum Gasteiger partial charge on any atom is -0.489 e. The van der Waals surface area contributed by atoms with Crippen molar-refractivity contribution in [1.29, 1.82) is 0 Å². The number of hydrogen-bond donors (Lipinski definition) is 1. The predicted octanol–water partition coefficient (Wildman–Crippen LogP) is 8.34. The largest absolute Gasteiger partial charge is 0.489 e. The third kappa shape index (κ3) is 5.56. The third-order valence-corrected chi connectivity index (χ3v) is 7.34. The van der Waals surface area contributed by atoms with Gasteiger partial charge in [0.25, 0.3) is 0 Å². The molecule has 40 heavy (non-hydrogen) atoms. The topological polar surface area (TPSA) is 75.8 Å². The van der Waals surface area contributed by atoms with Gasteiger partial charge in [-0.3, -0.25) is 0 Å². The van der Waals surface area contributed by atoms with E-state index < -0.39 is 30.3 Å². The number of ether oxygens (including phenoxy) is 1. The molecule has 0 amide bonds. The van der Waals surface area contributed by atoms with Gasteiger partial charge in [-0.2, -0.15) is 13.2 Å². The van der Waals surface area contributed by atoms with Crippen LogP contribution >= 0.6 is 34.8 Å². The molecule has 1 saturated heterocycles. The molecule has 0 bridgehead atoms. The molecule has 1 fully saturated rings. The lowest BCUT2D eigenvalue weighted by atomic mass is 9.89. The molecule has 3 aromatic carbocycles. The summed E-state index contributed by atoms with van der Waals surface area (Å²) in [6, 6.07) is 12.8. The Hall–Kier alpha value is -3.47. The molecule has 1 aromatic heterocycles. The fourth-order valence-electron chi connectivity index (χ4n) is 4.43. The molecule has 2 heterocycles. The molecule has 1 aliphatic rings. The summed E-state index contributed by atoms with van der Waals surface area (Å²) in [5, 5.41) is 13.2. The number of aromatic nitrogens is 1. The number of hydrogen-bond acceptors (Lipinski definition) is 5. The zero-order valence-electron chi connectivity index (χ0n) is 20.1. The molecule has 0 aliphatic carbocycles. The Morgan fingerprint density at radius 2 is 1.75 bits per heavy atom. The molecule has 13 heteroatoms. The molecule has 0 unspecified atom stereocenters. The third-order valence-electron chi connectivity index (χ3n) is 6.41. The van der Waals surface area contributed by atoms with Gasteiger partial charge in [0.05, 0.1) is 31.9 Å². The highest BCUT2D eigenvalue weighted by atomic mass is 35.5. The maximum atomic E-state index is 13.9. The average molecular weight is 616 g/mol. The van der Waals surface area contributed by atoms with Crippen molar-refractivity contribution in [2.45, 2.75) is 18.7 Å². The molecule has 5 rings (SSSR count). The van der Waals surface area contributed by atoms with Gasteiger partial charge in [-0.05, 0) is 48.0 Å². The first-order chi connectivity index (χ1) is 18.9.